The van der Waals surface area contributed by atoms with E-state index < -0.39 is 28.5 Å². The minimum atomic E-state index is -3.82. The van der Waals surface area contributed by atoms with E-state index in [9.17, 15) is 18.0 Å². The number of hydrogen-bond acceptors (Lipinski definition) is 6. The fourth-order valence-electron chi connectivity index (χ4n) is 3.23. The maximum Gasteiger partial charge on any atom is 0.244 e. The van der Waals surface area contributed by atoms with Gasteiger partial charge in [-0.1, -0.05) is 23.7 Å². The molecule has 1 aliphatic heterocycles. The Morgan fingerprint density at radius 3 is 2.41 bits per heavy atom. The van der Waals surface area contributed by atoms with E-state index in [-0.39, 0.29) is 24.9 Å². The van der Waals surface area contributed by atoms with Crippen LogP contribution in [-0.2, 0) is 26.2 Å². The Morgan fingerprint density at radius 2 is 1.78 bits per heavy atom. The Bertz CT molecular complexity index is 1110. The topological polar surface area (TPSA) is 105 Å². The van der Waals surface area contributed by atoms with E-state index in [0.717, 1.165) is 16.1 Å². The molecule has 0 aromatic heterocycles. The number of ether oxygens (including phenoxy) is 2. The summed E-state index contributed by atoms with van der Waals surface area (Å²) in [5, 5.41) is 3.06. The maximum atomic E-state index is 13.3. The van der Waals surface area contributed by atoms with Crippen LogP contribution in [0.25, 0.3) is 0 Å². The number of fused-ring (bicyclic) bond motifs is 1. The highest BCUT2D eigenvalue weighted by Gasteiger charge is 2.30. The second-order valence-electron chi connectivity index (χ2n) is 7.25. The molecule has 1 N–H and O–H groups in total. The molecule has 0 aliphatic carbocycles. The molecule has 0 unspecified atom stereocenters. The van der Waals surface area contributed by atoms with Crippen LogP contribution < -0.4 is 19.1 Å². The molecule has 1 atom stereocenters. The van der Waals surface area contributed by atoms with Crippen LogP contribution in [-0.4, -0.2) is 57.8 Å². The molecule has 9 nitrogen and oxygen atoms in total. The van der Waals surface area contributed by atoms with E-state index >= 15 is 0 Å². The van der Waals surface area contributed by atoms with Gasteiger partial charge in [0.25, 0.3) is 0 Å². The average molecular weight is 482 g/mol. The Morgan fingerprint density at radius 1 is 1.12 bits per heavy atom. The Hall–Kier alpha value is -2.98. The van der Waals surface area contributed by atoms with E-state index in [0.29, 0.717) is 16.5 Å². The Balaban J connectivity index is 1.90. The molecule has 2 aromatic carbocycles. The fourth-order valence-corrected chi connectivity index (χ4v) is 4.20. The quantitative estimate of drug-likeness (QED) is 0.618. The summed E-state index contributed by atoms with van der Waals surface area (Å²) in [4.78, 5) is 26.9. The minimum absolute atomic E-state index is 0.0368. The van der Waals surface area contributed by atoms with Gasteiger partial charge in [0.15, 0.2) is 11.5 Å². The number of carbonyl (C=O) groups is 2. The first kappa shape index (κ1) is 23.7. The number of nitrogens with one attached hydrogen (secondary N) is 1. The molecule has 0 saturated carbocycles. The number of benzene rings is 2. The van der Waals surface area contributed by atoms with Crippen molar-refractivity contribution in [1.29, 1.82) is 0 Å². The Kier molecular flexibility index (Phi) is 7.15. The van der Waals surface area contributed by atoms with Gasteiger partial charge in [0.05, 0.1) is 11.9 Å². The van der Waals surface area contributed by atoms with Gasteiger partial charge in [-0.15, -0.1) is 0 Å². The second-order valence-corrected chi connectivity index (χ2v) is 9.59. The molecule has 1 heterocycles. The molecular formula is C21H24ClN3O6S. The van der Waals surface area contributed by atoms with Gasteiger partial charge in [-0.2, -0.15) is 0 Å². The van der Waals surface area contributed by atoms with E-state index in [2.05, 4.69) is 5.32 Å². The van der Waals surface area contributed by atoms with Crippen molar-refractivity contribution in [2.45, 2.75) is 19.5 Å². The van der Waals surface area contributed by atoms with Crippen molar-refractivity contribution >= 4 is 39.1 Å². The summed E-state index contributed by atoms with van der Waals surface area (Å²) in [5.74, 6) is -0.0353. The molecule has 2 amide bonds. The monoisotopic (exact) mass is 481 g/mol. The normalized spacial score (nSPS) is 13.4. The van der Waals surface area contributed by atoms with Crippen LogP contribution in [0.3, 0.4) is 0 Å². The lowest BCUT2D eigenvalue weighted by Crippen LogP contribution is -2.50. The summed E-state index contributed by atoms with van der Waals surface area (Å²) in [6.45, 7) is 1.23. The third-order valence-electron chi connectivity index (χ3n) is 5.00. The number of amides is 2. The molecule has 32 heavy (non-hydrogen) atoms. The number of nitrogens with zero attached hydrogens (tertiary/aromatic N) is 2. The highest BCUT2D eigenvalue weighted by molar-refractivity contribution is 7.92. The summed E-state index contributed by atoms with van der Waals surface area (Å²) in [7, 11) is -2.35. The highest BCUT2D eigenvalue weighted by Crippen LogP contribution is 2.36. The van der Waals surface area contributed by atoms with Crippen LogP contribution in [0.2, 0.25) is 5.02 Å². The summed E-state index contributed by atoms with van der Waals surface area (Å²) in [5.41, 5.74) is 0.997. The van der Waals surface area contributed by atoms with Crippen molar-refractivity contribution in [2.24, 2.45) is 0 Å². The average Bonchev–Trinajstić information content (AvgIpc) is 3.23. The molecule has 0 spiro atoms. The van der Waals surface area contributed by atoms with Gasteiger partial charge in [-0.25, -0.2) is 8.42 Å². The lowest BCUT2D eigenvalue weighted by molar-refractivity contribution is -0.139. The molecule has 0 fully saturated rings. The van der Waals surface area contributed by atoms with Crippen molar-refractivity contribution in [2.75, 3.05) is 30.9 Å². The predicted octanol–water partition coefficient (Wildman–Crippen LogP) is 2.00. The van der Waals surface area contributed by atoms with E-state index in [1.165, 1.54) is 24.1 Å². The van der Waals surface area contributed by atoms with Crippen LogP contribution in [0.15, 0.2) is 42.5 Å². The minimum Gasteiger partial charge on any atom is -0.454 e. The number of sulfonamides is 1. The van der Waals surface area contributed by atoms with Crippen LogP contribution in [0.4, 0.5) is 5.69 Å². The first-order valence-corrected chi connectivity index (χ1v) is 12.0. The van der Waals surface area contributed by atoms with Gasteiger partial charge < -0.3 is 19.7 Å². The summed E-state index contributed by atoms with van der Waals surface area (Å²) >= 11 is 5.94. The summed E-state index contributed by atoms with van der Waals surface area (Å²) < 4.78 is 36.6. The number of hydrogen-bond donors (Lipinski definition) is 1. The van der Waals surface area contributed by atoms with Crippen molar-refractivity contribution in [3.8, 4) is 11.5 Å². The third kappa shape index (κ3) is 5.43. The fraction of sp³-hybridized carbons (Fsp3) is 0.333. The zero-order chi connectivity index (χ0) is 23.5. The number of carbonyl (C=O) groups excluding carboxylic acids is 2. The Labute approximate surface area is 191 Å². The zero-order valence-corrected chi connectivity index (χ0v) is 19.4. The van der Waals surface area contributed by atoms with Gasteiger partial charge in [0, 0.05) is 24.7 Å². The summed E-state index contributed by atoms with van der Waals surface area (Å²) in [6.07, 6.45) is 1.01. The van der Waals surface area contributed by atoms with Crippen LogP contribution in [0.1, 0.15) is 12.5 Å². The van der Waals surface area contributed by atoms with E-state index in [1.807, 2.05) is 0 Å². The van der Waals surface area contributed by atoms with E-state index in [4.69, 9.17) is 21.1 Å². The number of halogens is 1. The number of likely N-dealkylation sites (N-methyl/N-ethyl adjacent to an activating group) is 1. The number of anilines is 1. The second kappa shape index (κ2) is 9.66. The standard InChI is InChI=1S/C21H24ClN3O6S/c1-14(21(27)23-2)24(11-15-4-6-16(22)7-5-15)20(26)12-25(32(3,28)29)17-8-9-18-19(10-17)31-13-30-18/h4-10,14H,11-13H2,1-3H3,(H,23,27)/t14-/m0/s1. The van der Waals surface area contributed by atoms with Gasteiger partial charge >= 0.3 is 0 Å². The van der Waals surface area contributed by atoms with Gasteiger partial charge in [0.1, 0.15) is 12.6 Å². The van der Waals surface area contributed by atoms with Crippen molar-refractivity contribution in [1.82, 2.24) is 10.2 Å². The van der Waals surface area contributed by atoms with Crippen LogP contribution in [0.5, 0.6) is 11.5 Å². The molecule has 1 aliphatic rings. The highest BCUT2D eigenvalue weighted by atomic mass is 35.5. The molecule has 2 aromatic rings. The molecule has 0 saturated heterocycles. The molecule has 0 radical (unpaired) electrons. The van der Waals surface area contributed by atoms with Gasteiger partial charge in [-0.3, -0.25) is 13.9 Å². The first-order valence-electron chi connectivity index (χ1n) is 9.73. The smallest absolute Gasteiger partial charge is 0.244 e. The van der Waals surface area contributed by atoms with Crippen molar-refractivity contribution < 1.29 is 27.5 Å². The molecule has 11 heteroatoms. The van der Waals surface area contributed by atoms with E-state index in [1.54, 1.807) is 37.3 Å². The lowest BCUT2D eigenvalue weighted by atomic mass is 10.1. The zero-order valence-electron chi connectivity index (χ0n) is 17.9. The largest absolute Gasteiger partial charge is 0.454 e. The SMILES string of the molecule is CNC(=O)[C@H](C)N(Cc1ccc(Cl)cc1)C(=O)CN(c1ccc2c(c1)OCO2)S(C)(=O)=O. The van der Waals surface area contributed by atoms with Crippen molar-refractivity contribution in [3.05, 3.63) is 53.1 Å². The summed E-state index contributed by atoms with van der Waals surface area (Å²) in [6, 6.07) is 10.6. The maximum absolute atomic E-state index is 13.3. The molecule has 0 bridgehead atoms. The van der Waals surface area contributed by atoms with Crippen LogP contribution >= 0.6 is 11.6 Å². The number of rotatable bonds is 8. The van der Waals surface area contributed by atoms with Crippen LogP contribution in [0, 0.1) is 0 Å². The molecule has 172 valence electrons. The first-order chi connectivity index (χ1) is 15.1. The van der Waals surface area contributed by atoms with Gasteiger partial charge in [0.2, 0.25) is 28.6 Å². The third-order valence-corrected chi connectivity index (χ3v) is 6.40. The van der Waals surface area contributed by atoms with Crippen molar-refractivity contribution in [3.63, 3.8) is 0 Å². The lowest BCUT2D eigenvalue weighted by Gasteiger charge is -2.31. The molecular weight excluding hydrogens is 458 g/mol. The molecule has 3 rings (SSSR count). The predicted molar refractivity (Wildman–Crippen MR) is 120 cm³/mol. The van der Waals surface area contributed by atoms with Gasteiger partial charge in [-0.05, 0) is 36.8 Å².